The molecule has 0 amide bonds. The Morgan fingerprint density at radius 3 is 2.50 bits per heavy atom. The van der Waals surface area contributed by atoms with E-state index in [4.69, 9.17) is 4.52 Å². The molecule has 0 radical (unpaired) electrons. The van der Waals surface area contributed by atoms with Crippen LogP contribution in [-0.2, 0) is 6.42 Å². The summed E-state index contributed by atoms with van der Waals surface area (Å²) in [6.45, 7) is 0.744. The minimum absolute atomic E-state index is 0.395. The molecule has 1 N–H and O–H groups in total. The van der Waals surface area contributed by atoms with Crippen molar-refractivity contribution in [3.05, 3.63) is 78.8 Å². The summed E-state index contributed by atoms with van der Waals surface area (Å²) in [5.41, 5.74) is 2.85. The molecule has 2 aromatic heterocycles. The SMILES string of the molecule is c1ccc(CCNc2ncncc2-c2nc(-c3ccccc3)no2)cc1. The molecule has 26 heavy (non-hydrogen) atoms. The summed E-state index contributed by atoms with van der Waals surface area (Å²) >= 11 is 0. The van der Waals surface area contributed by atoms with Gasteiger partial charge in [-0.1, -0.05) is 65.8 Å². The monoisotopic (exact) mass is 343 g/mol. The highest BCUT2D eigenvalue weighted by Gasteiger charge is 2.15. The molecule has 0 saturated heterocycles. The third kappa shape index (κ3) is 3.59. The van der Waals surface area contributed by atoms with Crippen LogP contribution >= 0.6 is 0 Å². The Hall–Kier alpha value is -3.54. The number of hydrogen-bond donors (Lipinski definition) is 1. The van der Waals surface area contributed by atoms with Gasteiger partial charge in [-0.25, -0.2) is 9.97 Å². The third-order valence-corrected chi connectivity index (χ3v) is 3.95. The molecule has 4 rings (SSSR count). The van der Waals surface area contributed by atoms with Crippen LogP contribution in [0.1, 0.15) is 5.56 Å². The average Bonchev–Trinajstić information content (AvgIpc) is 3.20. The molecule has 128 valence electrons. The van der Waals surface area contributed by atoms with Crippen molar-refractivity contribution >= 4 is 5.82 Å². The van der Waals surface area contributed by atoms with Crippen molar-refractivity contribution < 1.29 is 4.52 Å². The van der Waals surface area contributed by atoms with E-state index in [1.165, 1.54) is 11.9 Å². The Bertz CT molecular complexity index is 970. The highest BCUT2D eigenvalue weighted by Crippen LogP contribution is 2.26. The van der Waals surface area contributed by atoms with Crippen LogP contribution in [0.3, 0.4) is 0 Å². The zero-order valence-corrected chi connectivity index (χ0v) is 14.0. The van der Waals surface area contributed by atoms with E-state index in [-0.39, 0.29) is 0 Å². The zero-order chi connectivity index (χ0) is 17.6. The molecular formula is C20H17N5O. The van der Waals surface area contributed by atoms with Crippen LogP contribution in [0.5, 0.6) is 0 Å². The van der Waals surface area contributed by atoms with E-state index in [0.717, 1.165) is 18.5 Å². The number of anilines is 1. The van der Waals surface area contributed by atoms with Gasteiger partial charge in [0.1, 0.15) is 17.7 Å². The Balaban J connectivity index is 1.52. The van der Waals surface area contributed by atoms with E-state index in [0.29, 0.717) is 23.1 Å². The quantitative estimate of drug-likeness (QED) is 0.573. The molecule has 4 aromatic rings. The molecule has 0 aliphatic heterocycles. The molecule has 6 heteroatoms. The fourth-order valence-corrected chi connectivity index (χ4v) is 2.63. The Morgan fingerprint density at radius 2 is 1.69 bits per heavy atom. The molecule has 0 spiro atoms. The highest BCUT2D eigenvalue weighted by molar-refractivity contribution is 5.69. The molecule has 0 atom stereocenters. The van der Waals surface area contributed by atoms with Gasteiger partial charge in [-0.2, -0.15) is 4.98 Å². The Morgan fingerprint density at radius 1 is 0.923 bits per heavy atom. The van der Waals surface area contributed by atoms with Crippen LogP contribution in [0.2, 0.25) is 0 Å². The van der Waals surface area contributed by atoms with Gasteiger partial charge in [0, 0.05) is 18.3 Å². The number of benzene rings is 2. The molecule has 2 aromatic carbocycles. The predicted octanol–water partition coefficient (Wildman–Crippen LogP) is 3.85. The van der Waals surface area contributed by atoms with Gasteiger partial charge in [-0.3, -0.25) is 0 Å². The van der Waals surface area contributed by atoms with Gasteiger partial charge in [-0.05, 0) is 12.0 Å². The van der Waals surface area contributed by atoms with E-state index in [1.54, 1.807) is 6.20 Å². The Kier molecular flexibility index (Phi) is 4.64. The highest BCUT2D eigenvalue weighted by atomic mass is 16.5. The summed E-state index contributed by atoms with van der Waals surface area (Å²) in [6.07, 6.45) is 4.08. The predicted molar refractivity (Wildman–Crippen MR) is 99.4 cm³/mol. The maximum atomic E-state index is 5.43. The fraction of sp³-hybridized carbons (Fsp3) is 0.100. The van der Waals surface area contributed by atoms with Crippen LogP contribution in [0, 0.1) is 0 Å². The van der Waals surface area contributed by atoms with Crippen molar-refractivity contribution in [3.8, 4) is 22.8 Å². The minimum atomic E-state index is 0.395. The van der Waals surface area contributed by atoms with Crippen LogP contribution in [0.15, 0.2) is 77.7 Å². The van der Waals surface area contributed by atoms with Crippen molar-refractivity contribution in [3.63, 3.8) is 0 Å². The molecule has 0 saturated carbocycles. The van der Waals surface area contributed by atoms with Crippen LogP contribution < -0.4 is 5.32 Å². The number of hydrogen-bond acceptors (Lipinski definition) is 6. The maximum Gasteiger partial charge on any atom is 0.263 e. The van der Waals surface area contributed by atoms with Crippen LogP contribution in [0.4, 0.5) is 5.82 Å². The lowest BCUT2D eigenvalue weighted by Gasteiger charge is -2.07. The number of nitrogens with zero attached hydrogens (tertiary/aromatic N) is 4. The summed E-state index contributed by atoms with van der Waals surface area (Å²) in [4.78, 5) is 12.9. The van der Waals surface area contributed by atoms with Gasteiger partial charge < -0.3 is 9.84 Å². The van der Waals surface area contributed by atoms with Crippen molar-refractivity contribution in [2.45, 2.75) is 6.42 Å². The normalized spacial score (nSPS) is 10.6. The van der Waals surface area contributed by atoms with Gasteiger partial charge >= 0.3 is 0 Å². The van der Waals surface area contributed by atoms with Crippen molar-refractivity contribution in [2.24, 2.45) is 0 Å². The number of nitrogens with one attached hydrogen (secondary N) is 1. The second kappa shape index (κ2) is 7.57. The van der Waals surface area contributed by atoms with Gasteiger partial charge in [0.25, 0.3) is 5.89 Å². The largest absolute Gasteiger partial charge is 0.369 e. The lowest BCUT2D eigenvalue weighted by Crippen LogP contribution is -2.07. The van der Waals surface area contributed by atoms with Crippen molar-refractivity contribution in [1.29, 1.82) is 0 Å². The van der Waals surface area contributed by atoms with E-state index >= 15 is 0 Å². The topological polar surface area (TPSA) is 76.7 Å². The molecule has 0 bridgehead atoms. The smallest absolute Gasteiger partial charge is 0.263 e. The van der Waals surface area contributed by atoms with Crippen molar-refractivity contribution in [1.82, 2.24) is 20.1 Å². The number of aromatic nitrogens is 4. The summed E-state index contributed by atoms with van der Waals surface area (Å²) in [7, 11) is 0. The summed E-state index contributed by atoms with van der Waals surface area (Å²) < 4.78 is 5.43. The zero-order valence-electron chi connectivity index (χ0n) is 14.0. The van der Waals surface area contributed by atoms with Gasteiger partial charge in [-0.15, -0.1) is 0 Å². The first-order valence-electron chi connectivity index (χ1n) is 8.37. The van der Waals surface area contributed by atoms with E-state index in [1.807, 2.05) is 48.5 Å². The molecule has 6 nitrogen and oxygen atoms in total. The van der Waals surface area contributed by atoms with E-state index in [2.05, 4.69) is 37.6 Å². The molecule has 2 heterocycles. The average molecular weight is 343 g/mol. The number of rotatable bonds is 6. The second-order valence-electron chi connectivity index (χ2n) is 5.74. The summed E-state index contributed by atoms with van der Waals surface area (Å²) in [5, 5.41) is 7.39. The van der Waals surface area contributed by atoms with E-state index < -0.39 is 0 Å². The first-order chi connectivity index (χ1) is 12.9. The fourth-order valence-electron chi connectivity index (χ4n) is 2.63. The standard InChI is InChI=1S/C20H17N5O/c1-3-7-15(8-4-1)11-12-22-19-17(13-21-14-23-19)20-24-18(25-26-20)16-9-5-2-6-10-16/h1-10,13-14H,11-12H2,(H,21,22,23). The summed E-state index contributed by atoms with van der Waals surface area (Å²) in [5.74, 6) is 1.62. The molecule has 0 fully saturated rings. The first kappa shape index (κ1) is 16.0. The van der Waals surface area contributed by atoms with Crippen LogP contribution in [0.25, 0.3) is 22.8 Å². The van der Waals surface area contributed by atoms with Gasteiger partial charge in [0.05, 0.1) is 0 Å². The van der Waals surface area contributed by atoms with Crippen molar-refractivity contribution in [2.75, 3.05) is 11.9 Å². The summed E-state index contributed by atoms with van der Waals surface area (Å²) in [6, 6.07) is 20.0. The molecule has 0 unspecified atom stereocenters. The lowest BCUT2D eigenvalue weighted by molar-refractivity contribution is 0.432. The van der Waals surface area contributed by atoms with E-state index in [9.17, 15) is 0 Å². The van der Waals surface area contributed by atoms with Crippen LogP contribution in [-0.4, -0.2) is 26.7 Å². The molecule has 0 aliphatic carbocycles. The second-order valence-corrected chi connectivity index (χ2v) is 5.74. The third-order valence-electron chi connectivity index (χ3n) is 3.95. The van der Waals surface area contributed by atoms with Gasteiger partial charge in [0.2, 0.25) is 5.82 Å². The molecule has 0 aliphatic rings. The molecular weight excluding hydrogens is 326 g/mol. The lowest BCUT2D eigenvalue weighted by atomic mass is 10.1. The maximum absolute atomic E-state index is 5.43. The Labute approximate surface area is 151 Å². The van der Waals surface area contributed by atoms with Gasteiger partial charge in [0.15, 0.2) is 0 Å². The first-order valence-corrected chi connectivity index (χ1v) is 8.37. The minimum Gasteiger partial charge on any atom is -0.369 e.